The average molecular weight is 289 g/mol. The van der Waals surface area contributed by atoms with Gasteiger partial charge in [-0.15, -0.1) is 17.8 Å². The molecule has 1 saturated carbocycles. The van der Waals surface area contributed by atoms with E-state index in [0.717, 1.165) is 12.5 Å². The zero-order chi connectivity index (χ0) is 14.3. The van der Waals surface area contributed by atoms with E-state index in [1.54, 1.807) is 7.05 Å². The van der Waals surface area contributed by atoms with E-state index < -0.39 is 0 Å². The molecule has 0 spiro atoms. The molecule has 1 aromatic rings. The summed E-state index contributed by atoms with van der Waals surface area (Å²) in [6.45, 7) is 1.43. The molecule has 1 heterocycles. The third-order valence-corrected chi connectivity index (χ3v) is 5.15. The van der Waals surface area contributed by atoms with Crippen LogP contribution in [0, 0.1) is 12.3 Å². The Hall–Kier alpha value is -1.47. The van der Waals surface area contributed by atoms with Crippen molar-refractivity contribution in [3.63, 3.8) is 0 Å². The predicted octanol–water partition coefficient (Wildman–Crippen LogP) is 2.75. The normalized spacial score (nSPS) is 18.3. The van der Waals surface area contributed by atoms with Crippen LogP contribution in [0.15, 0.2) is 22.5 Å². The molecule has 4 heteroatoms. The second-order valence-corrected chi connectivity index (χ2v) is 6.25. The molecular formula is C16H23N3S. The van der Waals surface area contributed by atoms with Crippen molar-refractivity contribution < 1.29 is 0 Å². The standard InChI is InChI=1S/C16H23N3S/c1-3-11-18-15(17-2)19-13-16(9-5-4-6-10-16)14-8-7-12-20-14/h1,7-8,12H,4-6,9-11,13H2,2H3,(H2,17,18,19). The first-order valence-corrected chi connectivity index (χ1v) is 8.11. The van der Waals surface area contributed by atoms with E-state index in [0.29, 0.717) is 6.54 Å². The van der Waals surface area contributed by atoms with Crippen LogP contribution in [0.2, 0.25) is 0 Å². The Balaban J connectivity index is 2.04. The number of nitrogens with zero attached hydrogens (tertiary/aromatic N) is 1. The monoisotopic (exact) mass is 289 g/mol. The number of aliphatic imine (C=N–C) groups is 1. The third-order valence-electron chi connectivity index (χ3n) is 4.03. The van der Waals surface area contributed by atoms with E-state index in [9.17, 15) is 0 Å². The lowest BCUT2D eigenvalue weighted by Crippen LogP contribution is -2.46. The van der Waals surface area contributed by atoms with Gasteiger partial charge in [-0.3, -0.25) is 4.99 Å². The van der Waals surface area contributed by atoms with Gasteiger partial charge in [0.2, 0.25) is 0 Å². The summed E-state index contributed by atoms with van der Waals surface area (Å²) in [4.78, 5) is 5.72. The Labute approximate surface area is 125 Å². The Morgan fingerprint density at radius 2 is 2.20 bits per heavy atom. The predicted molar refractivity (Wildman–Crippen MR) is 87.3 cm³/mol. The highest BCUT2D eigenvalue weighted by Gasteiger charge is 2.34. The average Bonchev–Trinajstić information content (AvgIpc) is 3.03. The zero-order valence-electron chi connectivity index (χ0n) is 12.1. The van der Waals surface area contributed by atoms with Gasteiger partial charge < -0.3 is 10.6 Å². The highest BCUT2D eigenvalue weighted by molar-refractivity contribution is 7.10. The van der Waals surface area contributed by atoms with Crippen molar-refractivity contribution in [3.8, 4) is 12.3 Å². The van der Waals surface area contributed by atoms with Crippen LogP contribution in [0.3, 0.4) is 0 Å². The van der Waals surface area contributed by atoms with Crippen LogP contribution in [-0.4, -0.2) is 26.1 Å². The summed E-state index contributed by atoms with van der Waals surface area (Å²) >= 11 is 1.87. The van der Waals surface area contributed by atoms with Crippen LogP contribution in [0.4, 0.5) is 0 Å². The zero-order valence-corrected chi connectivity index (χ0v) is 12.9. The van der Waals surface area contributed by atoms with E-state index in [2.05, 4.69) is 39.1 Å². The van der Waals surface area contributed by atoms with Gasteiger partial charge in [-0.1, -0.05) is 31.2 Å². The molecule has 2 rings (SSSR count). The van der Waals surface area contributed by atoms with Crippen molar-refractivity contribution in [3.05, 3.63) is 22.4 Å². The van der Waals surface area contributed by atoms with Gasteiger partial charge in [0.25, 0.3) is 0 Å². The molecule has 20 heavy (non-hydrogen) atoms. The fraction of sp³-hybridized carbons (Fsp3) is 0.562. The molecule has 0 bridgehead atoms. The third kappa shape index (κ3) is 3.55. The van der Waals surface area contributed by atoms with Crippen LogP contribution >= 0.6 is 11.3 Å². The quantitative estimate of drug-likeness (QED) is 0.508. The van der Waals surface area contributed by atoms with Crippen LogP contribution in [0.1, 0.15) is 37.0 Å². The number of guanidine groups is 1. The lowest BCUT2D eigenvalue weighted by atomic mass is 9.73. The van der Waals surface area contributed by atoms with E-state index in [4.69, 9.17) is 6.42 Å². The van der Waals surface area contributed by atoms with E-state index in [1.807, 2.05) is 11.3 Å². The molecule has 1 fully saturated rings. The minimum absolute atomic E-state index is 0.264. The van der Waals surface area contributed by atoms with Crippen LogP contribution in [0.5, 0.6) is 0 Å². The largest absolute Gasteiger partial charge is 0.355 e. The number of rotatable bonds is 4. The van der Waals surface area contributed by atoms with Crippen molar-refractivity contribution in [1.82, 2.24) is 10.6 Å². The minimum Gasteiger partial charge on any atom is -0.355 e. The Morgan fingerprint density at radius 1 is 1.40 bits per heavy atom. The Bertz CT molecular complexity index is 464. The summed E-state index contributed by atoms with van der Waals surface area (Å²) in [5.74, 6) is 3.37. The highest BCUT2D eigenvalue weighted by atomic mass is 32.1. The van der Waals surface area contributed by atoms with Gasteiger partial charge in [0.05, 0.1) is 6.54 Å². The fourth-order valence-electron chi connectivity index (χ4n) is 2.93. The molecule has 3 nitrogen and oxygen atoms in total. The molecule has 0 aromatic carbocycles. The van der Waals surface area contributed by atoms with Crippen LogP contribution in [0.25, 0.3) is 0 Å². The number of hydrogen-bond acceptors (Lipinski definition) is 2. The molecule has 0 atom stereocenters. The first kappa shape index (κ1) is 14.9. The van der Waals surface area contributed by atoms with Gasteiger partial charge in [-0.2, -0.15) is 0 Å². The molecule has 1 aliphatic rings. The summed E-state index contributed by atoms with van der Waals surface area (Å²) < 4.78 is 0. The van der Waals surface area contributed by atoms with E-state index in [1.165, 1.54) is 37.0 Å². The van der Waals surface area contributed by atoms with Gasteiger partial charge in [0.1, 0.15) is 0 Å². The van der Waals surface area contributed by atoms with Crippen molar-refractivity contribution in [1.29, 1.82) is 0 Å². The van der Waals surface area contributed by atoms with Crippen LogP contribution in [-0.2, 0) is 5.41 Å². The maximum Gasteiger partial charge on any atom is 0.191 e. The second kappa shape index (κ2) is 7.35. The fourth-order valence-corrected chi connectivity index (χ4v) is 3.91. The molecule has 108 valence electrons. The first-order valence-electron chi connectivity index (χ1n) is 7.23. The summed E-state index contributed by atoms with van der Waals surface area (Å²) in [7, 11) is 1.78. The van der Waals surface area contributed by atoms with Crippen molar-refractivity contribution in [2.75, 3.05) is 20.1 Å². The Kier molecular flexibility index (Phi) is 5.49. The smallest absolute Gasteiger partial charge is 0.191 e. The summed E-state index contributed by atoms with van der Waals surface area (Å²) in [6, 6.07) is 4.43. The van der Waals surface area contributed by atoms with E-state index >= 15 is 0 Å². The van der Waals surface area contributed by atoms with Crippen LogP contribution < -0.4 is 10.6 Å². The maximum atomic E-state index is 5.28. The lowest BCUT2D eigenvalue weighted by molar-refractivity contribution is 0.296. The molecule has 0 amide bonds. The molecule has 2 N–H and O–H groups in total. The van der Waals surface area contributed by atoms with Crippen molar-refractivity contribution in [2.24, 2.45) is 4.99 Å². The number of terminal acetylenes is 1. The Morgan fingerprint density at radius 3 is 2.80 bits per heavy atom. The van der Waals surface area contributed by atoms with Crippen molar-refractivity contribution >= 4 is 17.3 Å². The molecule has 0 aliphatic heterocycles. The van der Waals surface area contributed by atoms with Gasteiger partial charge >= 0.3 is 0 Å². The maximum absolute atomic E-state index is 5.28. The first-order chi connectivity index (χ1) is 9.80. The summed E-state index contributed by atoms with van der Waals surface area (Å²) in [6.07, 6.45) is 11.8. The molecule has 0 unspecified atom stereocenters. The highest BCUT2D eigenvalue weighted by Crippen LogP contribution is 2.40. The van der Waals surface area contributed by atoms with Gasteiger partial charge in [0, 0.05) is 23.9 Å². The molecule has 0 radical (unpaired) electrons. The molecule has 0 saturated heterocycles. The summed E-state index contributed by atoms with van der Waals surface area (Å²) in [5, 5.41) is 8.76. The van der Waals surface area contributed by atoms with Crippen molar-refractivity contribution in [2.45, 2.75) is 37.5 Å². The number of thiophene rings is 1. The van der Waals surface area contributed by atoms with Gasteiger partial charge in [-0.25, -0.2) is 0 Å². The van der Waals surface area contributed by atoms with E-state index in [-0.39, 0.29) is 5.41 Å². The topological polar surface area (TPSA) is 36.4 Å². The minimum atomic E-state index is 0.264. The number of nitrogens with one attached hydrogen (secondary N) is 2. The second-order valence-electron chi connectivity index (χ2n) is 5.30. The SMILES string of the molecule is C#CCNC(=NC)NCC1(c2cccs2)CCCCC1. The molecular weight excluding hydrogens is 266 g/mol. The molecule has 1 aromatic heterocycles. The molecule has 1 aliphatic carbocycles. The summed E-state index contributed by atoms with van der Waals surface area (Å²) in [5.41, 5.74) is 0.264. The van der Waals surface area contributed by atoms with Gasteiger partial charge in [0.15, 0.2) is 5.96 Å². The van der Waals surface area contributed by atoms with Gasteiger partial charge in [-0.05, 0) is 24.3 Å². The lowest BCUT2D eigenvalue weighted by Gasteiger charge is -2.37. The number of hydrogen-bond donors (Lipinski definition) is 2.